The highest BCUT2D eigenvalue weighted by molar-refractivity contribution is 7.91. The second kappa shape index (κ2) is 4.55. The van der Waals surface area contributed by atoms with Crippen LogP contribution >= 0.6 is 11.6 Å². The van der Waals surface area contributed by atoms with Gasteiger partial charge in [0, 0.05) is 19.2 Å². The first-order chi connectivity index (χ1) is 7.57. The summed E-state index contributed by atoms with van der Waals surface area (Å²) < 4.78 is 22.9. The minimum Gasteiger partial charge on any atom is -0.369 e. The minimum absolute atomic E-state index is 0.187. The van der Waals surface area contributed by atoms with E-state index in [4.69, 9.17) is 11.6 Å². The van der Waals surface area contributed by atoms with Gasteiger partial charge in [-0.1, -0.05) is 11.6 Å². The Morgan fingerprint density at radius 1 is 1.31 bits per heavy atom. The van der Waals surface area contributed by atoms with Gasteiger partial charge >= 0.3 is 0 Å². The summed E-state index contributed by atoms with van der Waals surface area (Å²) in [5.74, 6) is 0.447. The molecule has 7 heteroatoms. The van der Waals surface area contributed by atoms with Crippen molar-refractivity contribution in [1.29, 1.82) is 0 Å². The lowest BCUT2D eigenvalue weighted by Crippen LogP contribution is -2.26. The number of sulfone groups is 1. The highest BCUT2D eigenvalue weighted by atomic mass is 35.5. The Hall–Kier alpha value is -0.880. The smallest absolute Gasteiger partial charge is 0.153 e. The van der Waals surface area contributed by atoms with Gasteiger partial charge in [-0.2, -0.15) is 5.10 Å². The van der Waals surface area contributed by atoms with E-state index in [9.17, 15) is 8.42 Å². The molecule has 0 saturated carbocycles. The lowest BCUT2D eigenvalue weighted by molar-refractivity contribution is 0.597. The first kappa shape index (κ1) is 11.6. The van der Waals surface area contributed by atoms with Crippen LogP contribution in [0.1, 0.15) is 6.42 Å². The van der Waals surface area contributed by atoms with Crippen LogP contribution < -0.4 is 4.90 Å². The number of halogens is 1. The normalized spacial score (nSPS) is 20.4. The molecule has 0 spiro atoms. The molecule has 2 heterocycles. The van der Waals surface area contributed by atoms with Crippen molar-refractivity contribution in [3.8, 4) is 0 Å². The Labute approximate surface area is 99.3 Å². The van der Waals surface area contributed by atoms with Crippen molar-refractivity contribution >= 4 is 27.1 Å². The summed E-state index contributed by atoms with van der Waals surface area (Å²) in [6.45, 7) is 1.20. The van der Waals surface area contributed by atoms with Gasteiger partial charge in [0.15, 0.2) is 15.0 Å². The second-order valence-corrected chi connectivity index (χ2v) is 6.42. The third kappa shape index (κ3) is 2.82. The molecule has 16 heavy (non-hydrogen) atoms. The standard InChI is InChI=1S/C9H12ClN3O2S/c10-9-6-8(7-11-12-9)13-2-1-4-16(14,15)5-3-13/h6-7H,1-5H2. The third-order valence-corrected chi connectivity index (χ3v) is 4.43. The van der Waals surface area contributed by atoms with Crippen LogP contribution in [0, 0.1) is 0 Å². The molecule has 0 aromatic carbocycles. The Morgan fingerprint density at radius 3 is 2.88 bits per heavy atom. The van der Waals surface area contributed by atoms with Crippen LogP contribution in [-0.2, 0) is 9.84 Å². The average molecular weight is 262 g/mol. The van der Waals surface area contributed by atoms with Crippen molar-refractivity contribution in [3.63, 3.8) is 0 Å². The number of hydrogen-bond acceptors (Lipinski definition) is 5. The molecule has 88 valence electrons. The molecule has 0 radical (unpaired) electrons. The van der Waals surface area contributed by atoms with E-state index in [-0.39, 0.29) is 11.5 Å². The molecule has 0 atom stereocenters. The maximum absolute atomic E-state index is 11.4. The van der Waals surface area contributed by atoms with E-state index < -0.39 is 9.84 Å². The molecule has 0 bridgehead atoms. The van der Waals surface area contributed by atoms with Gasteiger partial charge in [-0.15, -0.1) is 5.10 Å². The fraction of sp³-hybridized carbons (Fsp3) is 0.556. The topological polar surface area (TPSA) is 63.2 Å². The van der Waals surface area contributed by atoms with Crippen molar-refractivity contribution in [2.24, 2.45) is 0 Å². The van der Waals surface area contributed by atoms with Crippen LogP contribution in [-0.4, -0.2) is 43.2 Å². The molecule has 1 aliphatic heterocycles. The zero-order valence-electron chi connectivity index (χ0n) is 8.63. The van der Waals surface area contributed by atoms with Crippen molar-refractivity contribution in [2.75, 3.05) is 29.5 Å². The maximum atomic E-state index is 11.4. The molecule has 0 amide bonds. The lowest BCUT2D eigenvalue weighted by atomic mass is 10.3. The van der Waals surface area contributed by atoms with Gasteiger partial charge in [-0.05, 0) is 6.42 Å². The summed E-state index contributed by atoms with van der Waals surface area (Å²) in [6.07, 6.45) is 2.24. The van der Waals surface area contributed by atoms with Gasteiger partial charge in [-0.25, -0.2) is 8.42 Å². The summed E-state index contributed by atoms with van der Waals surface area (Å²) >= 11 is 5.74. The third-order valence-electron chi connectivity index (χ3n) is 2.53. The Balaban J connectivity index is 2.17. The van der Waals surface area contributed by atoms with Crippen molar-refractivity contribution in [2.45, 2.75) is 6.42 Å². The monoisotopic (exact) mass is 261 g/mol. The lowest BCUT2D eigenvalue weighted by Gasteiger charge is -2.21. The van der Waals surface area contributed by atoms with E-state index in [0.717, 1.165) is 5.69 Å². The van der Waals surface area contributed by atoms with Crippen LogP contribution in [0.25, 0.3) is 0 Å². The van der Waals surface area contributed by atoms with Gasteiger partial charge in [0.2, 0.25) is 0 Å². The average Bonchev–Trinajstić information content (AvgIpc) is 2.39. The van der Waals surface area contributed by atoms with Crippen LogP contribution in [0.2, 0.25) is 5.15 Å². The van der Waals surface area contributed by atoms with Crippen LogP contribution in [0.15, 0.2) is 12.3 Å². The van der Waals surface area contributed by atoms with Gasteiger partial charge in [-0.3, -0.25) is 0 Å². The minimum atomic E-state index is -2.88. The van der Waals surface area contributed by atoms with Crippen molar-refractivity contribution in [3.05, 3.63) is 17.4 Å². The Morgan fingerprint density at radius 2 is 2.12 bits per heavy atom. The summed E-state index contributed by atoms with van der Waals surface area (Å²) in [7, 11) is -2.88. The molecule has 1 saturated heterocycles. The first-order valence-corrected chi connectivity index (χ1v) is 7.20. The Bertz CT molecular complexity index is 477. The summed E-state index contributed by atoms with van der Waals surface area (Å²) in [6, 6.07) is 1.70. The zero-order valence-corrected chi connectivity index (χ0v) is 10.2. The highest BCUT2D eigenvalue weighted by Crippen LogP contribution is 2.18. The molecule has 5 nitrogen and oxygen atoms in total. The molecule has 0 unspecified atom stereocenters. The fourth-order valence-corrected chi connectivity index (χ4v) is 3.13. The van der Waals surface area contributed by atoms with E-state index >= 15 is 0 Å². The molecule has 1 aromatic rings. The molecule has 1 aromatic heterocycles. The van der Waals surface area contributed by atoms with E-state index in [2.05, 4.69) is 10.2 Å². The number of aromatic nitrogens is 2. The van der Waals surface area contributed by atoms with Crippen LogP contribution in [0.4, 0.5) is 5.69 Å². The quantitative estimate of drug-likeness (QED) is 0.747. The van der Waals surface area contributed by atoms with E-state index in [1.807, 2.05) is 4.90 Å². The zero-order chi connectivity index (χ0) is 11.6. The molecule has 0 N–H and O–H groups in total. The van der Waals surface area contributed by atoms with E-state index in [0.29, 0.717) is 24.7 Å². The highest BCUT2D eigenvalue weighted by Gasteiger charge is 2.19. The van der Waals surface area contributed by atoms with Crippen molar-refractivity contribution in [1.82, 2.24) is 10.2 Å². The summed E-state index contributed by atoms with van der Waals surface area (Å²) in [5.41, 5.74) is 0.831. The van der Waals surface area contributed by atoms with Crippen LogP contribution in [0.5, 0.6) is 0 Å². The first-order valence-electron chi connectivity index (χ1n) is 5.00. The predicted molar refractivity (Wildman–Crippen MR) is 62.5 cm³/mol. The number of rotatable bonds is 1. The second-order valence-electron chi connectivity index (χ2n) is 3.73. The largest absolute Gasteiger partial charge is 0.369 e. The van der Waals surface area contributed by atoms with E-state index in [1.54, 1.807) is 12.3 Å². The summed E-state index contributed by atoms with van der Waals surface area (Å²) in [4.78, 5) is 1.98. The van der Waals surface area contributed by atoms with Gasteiger partial charge in [0.05, 0.1) is 23.4 Å². The van der Waals surface area contributed by atoms with Crippen molar-refractivity contribution < 1.29 is 8.42 Å². The molecular formula is C9H12ClN3O2S. The number of anilines is 1. The SMILES string of the molecule is O=S1(=O)CCCN(c2cnnc(Cl)c2)CC1. The molecule has 0 aliphatic carbocycles. The molecule has 1 fully saturated rings. The molecule has 1 aliphatic rings. The molecular weight excluding hydrogens is 250 g/mol. The number of nitrogens with zero attached hydrogens (tertiary/aromatic N) is 3. The predicted octanol–water partition coefficient (Wildman–Crippen LogP) is 0.755. The Kier molecular flexibility index (Phi) is 3.30. The van der Waals surface area contributed by atoms with Gasteiger partial charge in [0.1, 0.15) is 0 Å². The molecule has 2 rings (SSSR count). The number of hydrogen-bond donors (Lipinski definition) is 0. The van der Waals surface area contributed by atoms with Gasteiger partial charge < -0.3 is 4.90 Å². The maximum Gasteiger partial charge on any atom is 0.153 e. The van der Waals surface area contributed by atoms with Crippen LogP contribution in [0.3, 0.4) is 0 Å². The fourth-order valence-electron chi connectivity index (χ4n) is 1.70. The van der Waals surface area contributed by atoms with Gasteiger partial charge in [0.25, 0.3) is 0 Å². The van der Waals surface area contributed by atoms with E-state index in [1.165, 1.54) is 0 Å². The summed E-state index contributed by atoms with van der Waals surface area (Å²) in [5, 5.41) is 7.73.